The molecule has 2 aromatic carbocycles. The number of aliphatic imine (C=N–C) groups is 1. The van der Waals surface area contributed by atoms with E-state index in [4.69, 9.17) is 4.99 Å². The van der Waals surface area contributed by atoms with Crippen LogP contribution < -0.4 is 0 Å². The van der Waals surface area contributed by atoms with Gasteiger partial charge in [0.2, 0.25) is 0 Å². The van der Waals surface area contributed by atoms with Crippen LogP contribution in [0.15, 0.2) is 65.7 Å². The van der Waals surface area contributed by atoms with Gasteiger partial charge in [-0.25, -0.2) is 0 Å². The maximum atomic E-state index is 4.87. The van der Waals surface area contributed by atoms with Crippen molar-refractivity contribution in [1.82, 2.24) is 9.80 Å². The van der Waals surface area contributed by atoms with Gasteiger partial charge in [-0.05, 0) is 49.1 Å². The number of guanidine groups is 1. The Hall–Kier alpha value is -2.29. The normalized spacial score (nSPS) is 20.0. The molecule has 0 bridgehead atoms. The summed E-state index contributed by atoms with van der Waals surface area (Å²) in [4.78, 5) is 9.90. The zero-order chi connectivity index (χ0) is 18.3. The van der Waals surface area contributed by atoms with Gasteiger partial charge in [0.15, 0.2) is 5.96 Å². The first kappa shape index (κ1) is 18.1. The summed E-state index contributed by atoms with van der Waals surface area (Å²) in [5.74, 6) is 2.05. The van der Waals surface area contributed by atoms with E-state index in [1.807, 2.05) is 0 Å². The van der Waals surface area contributed by atoms with Gasteiger partial charge in [-0.3, -0.25) is 4.99 Å². The Bertz CT molecular complexity index is 726. The van der Waals surface area contributed by atoms with E-state index < -0.39 is 0 Å². The predicted octanol–water partition coefficient (Wildman–Crippen LogP) is 4.59. The summed E-state index contributed by atoms with van der Waals surface area (Å²) >= 11 is 0. The van der Waals surface area contributed by atoms with Crippen molar-refractivity contribution in [1.29, 1.82) is 0 Å². The molecule has 3 nitrogen and oxygen atoms in total. The fourth-order valence-corrected chi connectivity index (χ4v) is 4.45. The van der Waals surface area contributed by atoms with Crippen LogP contribution in [-0.4, -0.2) is 41.9 Å². The Balaban J connectivity index is 1.29. The van der Waals surface area contributed by atoms with Gasteiger partial charge in [0.25, 0.3) is 0 Å². The third kappa shape index (κ3) is 4.91. The van der Waals surface area contributed by atoms with Gasteiger partial charge in [0.1, 0.15) is 0 Å². The second kappa shape index (κ2) is 9.07. The average Bonchev–Trinajstić information content (AvgIpc) is 3.18. The second-order valence-electron chi connectivity index (χ2n) is 7.92. The van der Waals surface area contributed by atoms with Crippen LogP contribution in [-0.2, 0) is 13.0 Å². The molecule has 1 saturated heterocycles. The molecule has 1 unspecified atom stereocenters. The molecule has 0 saturated carbocycles. The van der Waals surface area contributed by atoms with E-state index in [2.05, 4.69) is 70.5 Å². The topological polar surface area (TPSA) is 18.8 Å². The van der Waals surface area contributed by atoms with Crippen LogP contribution in [0.2, 0.25) is 0 Å². The van der Waals surface area contributed by atoms with Crippen LogP contribution in [0.4, 0.5) is 0 Å². The van der Waals surface area contributed by atoms with Gasteiger partial charge in [-0.2, -0.15) is 0 Å². The van der Waals surface area contributed by atoms with Gasteiger partial charge >= 0.3 is 0 Å². The first-order valence-electron chi connectivity index (χ1n) is 10.5. The molecule has 0 amide bonds. The van der Waals surface area contributed by atoms with Gasteiger partial charge < -0.3 is 9.80 Å². The zero-order valence-corrected chi connectivity index (χ0v) is 16.3. The van der Waals surface area contributed by atoms with Crippen LogP contribution in [0.25, 0.3) is 0 Å². The van der Waals surface area contributed by atoms with Crippen molar-refractivity contribution in [2.24, 2.45) is 10.9 Å². The smallest absolute Gasteiger partial charge is 0.197 e. The molecule has 2 heterocycles. The molecular formula is C24H31N3. The minimum absolute atomic E-state index is 0.810. The van der Waals surface area contributed by atoms with Crippen molar-refractivity contribution in [2.45, 2.75) is 38.6 Å². The van der Waals surface area contributed by atoms with E-state index in [1.165, 1.54) is 62.3 Å². The summed E-state index contributed by atoms with van der Waals surface area (Å²) in [5.41, 5.74) is 2.85. The molecule has 4 rings (SSSR count). The number of nitrogens with zero attached hydrogens (tertiary/aromatic N) is 3. The molecule has 27 heavy (non-hydrogen) atoms. The van der Waals surface area contributed by atoms with Gasteiger partial charge in [-0.1, -0.05) is 60.7 Å². The first-order chi connectivity index (χ1) is 13.4. The number of rotatable bonds is 6. The Morgan fingerprint density at radius 2 is 1.63 bits per heavy atom. The predicted molar refractivity (Wildman–Crippen MR) is 113 cm³/mol. The summed E-state index contributed by atoms with van der Waals surface area (Å²) in [6.07, 6.45) is 6.50. The summed E-state index contributed by atoms with van der Waals surface area (Å²) < 4.78 is 0. The lowest BCUT2D eigenvalue weighted by molar-refractivity contribution is 0.222. The monoisotopic (exact) mass is 361 g/mol. The lowest BCUT2D eigenvalue weighted by Crippen LogP contribution is -2.46. The zero-order valence-electron chi connectivity index (χ0n) is 16.3. The molecule has 2 aliphatic heterocycles. The lowest BCUT2D eigenvalue weighted by atomic mass is 9.92. The van der Waals surface area contributed by atoms with E-state index in [-0.39, 0.29) is 0 Å². The lowest BCUT2D eigenvalue weighted by Gasteiger charge is -2.37. The molecule has 1 fully saturated rings. The molecule has 3 heteroatoms. The molecule has 2 aliphatic rings. The highest BCUT2D eigenvalue weighted by molar-refractivity contribution is 5.81. The maximum Gasteiger partial charge on any atom is 0.197 e. The molecule has 0 aliphatic carbocycles. The van der Waals surface area contributed by atoms with Crippen molar-refractivity contribution in [3.8, 4) is 0 Å². The summed E-state index contributed by atoms with van der Waals surface area (Å²) in [7, 11) is 0. The van der Waals surface area contributed by atoms with E-state index in [1.54, 1.807) is 0 Å². The van der Waals surface area contributed by atoms with Gasteiger partial charge in [0.05, 0.1) is 6.54 Å². The molecule has 0 N–H and O–H groups in total. The van der Waals surface area contributed by atoms with E-state index in [0.717, 1.165) is 25.6 Å². The largest absolute Gasteiger partial charge is 0.343 e. The highest BCUT2D eigenvalue weighted by atomic mass is 15.4. The standard InChI is InChI=1S/C24H31N3/c1-3-9-21(10-4-1)13-7-14-23-15-8-17-26(19-23)24-25-16-18-27(24)20-22-11-5-2-6-12-22/h1-6,9-12,23H,7-8,13-20H2. The number of benzene rings is 2. The Morgan fingerprint density at radius 1 is 0.889 bits per heavy atom. The van der Waals surface area contributed by atoms with Crippen LogP contribution in [0.1, 0.15) is 36.8 Å². The fraction of sp³-hybridized carbons (Fsp3) is 0.458. The average molecular weight is 362 g/mol. The number of aryl methyl sites for hydroxylation is 1. The minimum atomic E-state index is 0.810. The van der Waals surface area contributed by atoms with Crippen LogP contribution >= 0.6 is 0 Å². The van der Waals surface area contributed by atoms with Crippen LogP contribution in [0.3, 0.4) is 0 Å². The van der Waals surface area contributed by atoms with Crippen molar-refractivity contribution < 1.29 is 0 Å². The summed E-state index contributed by atoms with van der Waals surface area (Å²) in [6, 6.07) is 21.7. The van der Waals surface area contributed by atoms with E-state index >= 15 is 0 Å². The minimum Gasteiger partial charge on any atom is -0.343 e. The third-order valence-electron chi connectivity index (χ3n) is 5.84. The SMILES string of the molecule is c1ccc(CCCC2CCCN(C3=NCCN3Cc3ccccc3)C2)cc1. The van der Waals surface area contributed by atoms with Gasteiger partial charge in [-0.15, -0.1) is 0 Å². The Kier molecular flexibility index (Phi) is 6.08. The third-order valence-corrected chi connectivity index (χ3v) is 5.84. The Labute approximate surface area is 163 Å². The molecular weight excluding hydrogens is 330 g/mol. The fourth-order valence-electron chi connectivity index (χ4n) is 4.45. The number of likely N-dealkylation sites (tertiary alicyclic amines) is 1. The number of piperidine rings is 1. The van der Waals surface area contributed by atoms with Crippen LogP contribution in [0.5, 0.6) is 0 Å². The van der Waals surface area contributed by atoms with Crippen molar-refractivity contribution in [3.05, 3.63) is 71.8 Å². The van der Waals surface area contributed by atoms with E-state index in [0.29, 0.717) is 0 Å². The highest BCUT2D eigenvalue weighted by Crippen LogP contribution is 2.24. The molecule has 2 aromatic rings. The first-order valence-corrected chi connectivity index (χ1v) is 10.5. The van der Waals surface area contributed by atoms with Gasteiger partial charge in [0, 0.05) is 26.2 Å². The molecule has 1 atom stereocenters. The van der Waals surface area contributed by atoms with Crippen molar-refractivity contribution >= 4 is 5.96 Å². The summed E-state index contributed by atoms with van der Waals surface area (Å²) in [5, 5.41) is 0. The Morgan fingerprint density at radius 3 is 2.41 bits per heavy atom. The molecule has 0 spiro atoms. The van der Waals surface area contributed by atoms with Crippen molar-refractivity contribution in [2.75, 3.05) is 26.2 Å². The second-order valence-corrected chi connectivity index (χ2v) is 7.92. The maximum absolute atomic E-state index is 4.87. The number of hydrogen-bond donors (Lipinski definition) is 0. The summed E-state index contributed by atoms with van der Waals surface area (Å²) in [6.45, 7) is 5.32. The van der Waals surface area contributed by atoms with Crippen LogP contribution in [0, 0.1) is 5.92 Å². The molecule has 142 valence electrons. The number of hydrogen-bond acceptors (Lipinski definition) is 3. The molecule has 0 aromatic heterocycles. The highest BCUT2D eigenvalue weighted by Gasteiger charge is 2.27. The quantitative estimate of drug-likeness (QED) is 0.749. The van der Waals surface area contributed by atoms with E-state index in [9.17, 15) is 0 Å². The molecule has 0 radical (unpaired) electrons. The van der Waals surface area contributed by atoms with Crippen molar-refractivity contribution in [3.63, 3.8) is 0 Å².